The Morgan fingerprint density at radius 3 is 2.76 bits per heavy atom. The highest BCUT2D eigenvalue weighted by Crippen LogP contribution is 2.09. The van der Waals surface area contributed by atoms with E-state index in [1.807, 2.05) is 0 Å². The molecule has 0 aliphatic carbocycles. The summed E-state index contributed by atoms with van der Waals surface area (Å²) in [5.74, 6) is -0.488. The van der Waals surface area contributed by atoms with Gasteiger partial charge in [0.25, 0.3) is 0 Å². The highest BCUT2D eigenvalue weighted by molar-refractivity contribution is 5.92. The van der Waals surface area contributed by atoms with Crippen LogP contribution in [0.4, 0.5) is 10.1 Å². The van der Waals surface area contributed by atoms with Crippen LogP contribution in [0.15, 0.2) is 24.3 Å². The molecule has 0 spiro atoms. The molecule has 5 nitrogen and oxygen atoms in total. The first-order valence-electron chi connectivity index (χ1n) is 7.28. The molecule has 1 amide bonds. The maximum atomic E-state index is 13.1. The number of amides is 1. The van der Waals surface area contributed by atoms with E-state index in [1.165, 1.54) is 12.1 Å². The Balaban J connectivity index is 1.80. The van der Waals surface area contributed by atoms with E-state index in [9.17, 15) is 9.18 Å². The molecule has 1 heterocycles. The molecule has 2 rings (SSSR count). The second-order valence-electron chi connectivity index (χ2n) is 5.25. The second-order valence-corrected chi connectivity index (χ2v) is 5.25. The van der Waals surface area contributed by atoms with Crippen molar-refractivity contribution in [3.05, 3.63) is 30.1 Å². The zero-order chi connectivity index (χ0) is 15.1. The Morgan fingerprint density at radius 2 is 2.00 bits per heavy atom. The number of hydrogen-bond donors (Lipinski definition) is 2. The molecule has 1 saturated heterocycles. The number of β-amino-alcohol motifs (C(OH)–C–C–N with tert-alkyl or cyclic N) is 1. The topological polar surface area (TPSA) is 55.8 Å². The normalized spacial score (nSPS) is 17.4. The lowest BCUT2D eigenvalue weighted by Crippen LogP contribution is -2.36. The number of hydrogen-bond acceptors (Lipinski definition) is 4. The quantitative estimate of drug-likeness (QED) is 0.842. The van der Waals surface area contributed by atoms with Crippen LogP contribution in [-0.2, 0) is 4.79 Å². The van der Waals surface area contributed by atoms with Crippen molar-refractivity contribution >= 4 is 11.6 Å². The molecule has 0 unspecified atom stereocenters. The summed E-state index contributed by atoms with van der Waals surface area (Å²) in [6, 6.07) is 5.90. The van der Waals surface area contributed by atoms with Gasteiger partial charge >= 0.3 is 0 Å². The number of anilines is 1. The number of aliphatic hydroxyl groups excluding tert-OH is 1. The summed E-state index contributed by atoms with van der Waals surface area (Å²) in [6.45, 7) is 4.62. The van der Waals surface area contributed by atoms with Gasteiger partial charge in [-0.3, -0.25) is 14.6 Å². The minimum absolute atomic E-state index is 0.129. The molecule has 6 heteroatoms. The number of benzene rings is 1. The van der Waals surface area contributed by atoms with Gasteiger partial charge in [-0.1, -0.05) is 6.07 Å². The van der Waals surface area contributed by atoms with Crippen molar-refractivity contribution in [2.24, 2.45) is 0 Å². The van der Waals surface area contributed by atoms with Crippen LogP contribution >= 0.6 is 0 Å². The molecule has 0 radical (unpaired) electrons. The van der Waals surface area contributed by atoms with Gasteiger partial charge in [-0.05, 0) is 37.7 Å². The maximum absolute atomic E-state index is 13.1. The summed E-state index contributed by atoms with van der Waals surface area (Å²) in [5, 5.41) is 11.7. The van der Waals surface area contributed by atoms with Gasteiger partial charge in [0.15, 0.2) is 0 Å². The van der Waals surface area contributed by atoms with Crippen molar-refractivity contribution in [2.45, 2.75) is 6.42 Å². The fraction of sp³-hybridized carbons (Fsp3) is 0.533. The first kappa shape index (κ1) is 15.9. The van der Waals surface area contributed by atoms with Crippen molar-refractivity contribution < 1.29 is 14.3 Å². The van der Waals surface area contributed by atoms with Crippen LogP contribution in [0.2, 0.25) is 0 Å². The van der Waals surface area contributed by atoms with Crippen LogP contribution in [-0.4, -0.2) is 66.7 Å². The Kier molecular flexibility index (Phi) is 6.10. The van der Waals surface area contributed by atoms with Crippen LogP contribution in [0.25, 0.3) is 0 Å². The molecule has 1 aromatic rings. The number of nitrogens with one attached hydrogen (secondary N) is 1. The van der Waals surface area contributed by atoms with Crippen LogP contribution in [0, 0.1) is 5.82 Å². The van der Waals surface area contributed by atoms with Crippen molar-refractivity contribution in [3.8, 4) is 0 Å². The molecule has 0 bridgehead atoms. The Bertz CT molecular complexity index is 470. The number of rotatable bonds is 5. The van der Waals surface area contributed by atoms with Crippen molar-refractivity contribution in [1.82, 2.24) is 9.80 Å². The average molecular weight is 295 g/mol. The highest BCUT2D eigenvalue weighted by atomic mass is 19.1. The third-order valence-electron chi connectivity index (χ3n) is 3.57. The van der Waals surface area contributed by atoms with Gasteiger partial charge in [0, 0.05) is 25.3 Å². The third kappa shape index (κ3) is 5.41. The molecular formula is C15H22FN3O2. The summed E-state index contributed by atoms with van der Waals surface area (Å²) < 4.78 is 13.1. The van der Waals surface area contributed by atoms with E-state index in [4.69, 9.17) is 5.11 Å². The SMILES string of the molecule is O=C(CN1CCCN(CCO)CC1)Nc1cccc(F)c1. The lowest BCUT2D eigenvalue weighted by atomic mass is 10.3. The van der Waals surface area contributed by atoms with Crippen molar-refractivity contribution in [1.29, 1.82) is 0 Å². The van der Waals surface area contributed by atoms with Gasteiger partial charge < -0.3 is 10.4 Å². The summed E-state index contributed by atoms with van der Waals surface area (Å²) >= 11 is 0. The minimum atomic E-state index is -0.359. The Morgan fingerprint density at radius 1 is 1.24 bits per heavy atom. The first-order valence-corrected chi connectivity index (χ1v) is 7.28. The molecule has 1 aliphatic heterocycles. The van der Waals surface area contributed by atoms with Crippen LogP contribution in [0.1, 0.15) is 6.42 Å². The summed E-state index contributed by atoms with van der Waals surface area (Å²) in [4.78, 5) is 16.3. The molecule has 1 fully saturated rings. The molecule has 2 N–H and O–H groups in total. The monoisotopic (exact) mass is 295 g/mol. The molecule has 1 aromatic carbocycles. The zero-order valence-corrected chi connectivity index (χ0v) is 12.1. The average Bonchev–Trinajstić information content (AvgIpc) is 2.65. The van der Waals surface area contributed by atoms with Gasteiger partial charge in [-0.15, -0.1) is 0 Å². The van der Waals surface area contributed by atoms with E-state index >= 15 is 0 Å². The summed E-state index contributed by atoms with van der Waals surface area (Å²) in [5.41, 5.74) is 0.483. The maximum Gasteiger partial charge on any atom is 0.238 e. The standard InChI is InChI=1S/C15H22FN3O2/c16-13-3-1-4-14(11-13)17-15(21)12-19-6-2-5-18(7-8-19)9-10-20/h1,3-4,11,20H,2,5-10,12H2,(H,17,21). The molecule has 0 aromatic heterocycles. The summed E-state index contributed by atoms with van der Waals surface area (Å²) in [6.07, 6.45) is 0.979. The number of carbonyl (C=O) groups is 1. The molecule has 116 valence electrons. The van der Waals surface area contributed by atoms with Gasteiger partial charge in [-0.2, -0.15) is 0 Å². The predicted molar refractivity (Wildman–Crippen MR) is 79.6 cm³/mol. The van der Waals surface area contributed by atoms with E-state index < -0.39 is 0 Å². The minimum Gasteiger partial charge on any atom is -0.395 e. The smallest absolute Gasteiger partial charge is 0.238 e. The van der Waals surface area contributed by atoms with Crippen molar-refractivity contribution in [3.63, 3.8) is 0 Å². The lowest BCUT2D eigenvalue weighted by molar-refractivity contribution is -0.117. The predicted octanol–water partition coefficient (Wildman–Crippen LogP) is 0.764. The van der Waals surface area contributed by atoms with E-state index in [0.29, 0.717) is 18.8 Å². The molecule has 0 atom stereocenters. The molecule has 1 aliphatic rings. The number of carbonyl (C=O) groups excluding carboxylic acids is 1. The Hall–Kier alpha value is -1.50. The lowest BCUT2D eigenvalue weighted by Gasteiger charge is -2.20. The van der Waals surface area contributed by atoms with E-state index in [-0.39, 0.29) is 18.3 Å². The van der Waals surface area contributed by atoms with Gasteiger partial charge in [0.2, 0.25) is 5.91 Å². The molecule has 0 saturated carbocycles. The largest absolute Gasteiger partial charge is 0.395 e. The zero-order valence-electron chi connectivity index (χ0n) is 12.1. The number of nitrogens with zero attached hydrogens (tertiary/aromatic N) is 2. The van der Waals surface area contributed by atoms with Crippen LogP contribution in [0.3, 0.4) is 0 Å². The van der Waals surface area contributed by atoms with Crippen LogP contribution < -0.4 is 5.32 Å². The summed E-state index contributed by atoms with van der Waals surface area (Å²) in [7, 11) is 0. The first-order chi connectivity index (χ1) is 10.2. The van der Waals surface area contributed by atoms with Crippen LogP contribution in [0.5, 0.6) is 0 Å². The second kappa shape index (κ2) is 8.07. The number of aliphatic hydroxyl groups is 1. The Labute approximate surface area is 124 Å². The third-order valence-corrected chi connectivity index (χ3v) is 3.57. The number of halogens is 1. The van der Waals surface area contributed by atoms with Gasteiger partial charge in [-0.25, -0.2) is 4.39 Å². The van der Waals surface area contributed by atoms with E-state index in [2.05, 4.69) is 15.1 Å². The van der Waals surface area contributed by atoms with E-state index in [1.54, 1.807) is 12.1 Å². The van der Waals surface area contributed by atoms with Crippen molar-refractivity contribution in [2.75, 3.05) is 51.2 Å². The molecule has 21 heavy (non-hydrogen) atoms. The fourth-order valence-corrected chi connectivity index (χ4v) is 2.52. The fourth-order valence-electron chi connectivity index (χ4n) is 2.52. The van der Waals surface area contributed by atoms with E-state index in [0.717, 1.165) is 32.6 Å². The highest BCUT2D eigenvalue weighted by Gasteiger charge is 2.16. The van der Waals surface area contributed by atoms with Gasteiger partial charge in [0.05, 0.1) is 13.2 Å². The molecular weight excluding hydrogens is 273 g/mol. The van der Waals surface area contributed by atoms with Gasteiger partial charge in [0.1, 0.15) is 5.82 Å².